The highest BCUT2D eigenvalue weighted by Crippen LogP contribution is 2.21. The summed E-state index contributed by atoms with van der Waals surface area (Å²) >= 11 is 0. The fourth-order valence-corrected chi connectivity index (χ4v) is 4.51. The van der Waals surface area contributed by atoms with E-state index in [0.29, 0.717) is 22.6 Å². The van der Waals surface area contributed by atoms with Gasteiger partial charge in [-0.1, -0.05) is 6.07 Å². The van der Waals surface area contributed by atoms with Gasteiger partial charge in [-0.25, -0.2) is 8.42 Å². The Labute approximate surface area is 164 Å². The summed E-state index contributed by atoms with van der Waals surface area (Å²) in [6.07, 6.45) is 0. The van der Waals surface area contributed by atoms with Crippen molar-refractivity contribution in [1.29, 1.82) is 0 Å². The quantitative estimate of drug-likeness (QED) is 0.609. The summed E-state index contributed by atoms with van der Waals surface area (Å²) < 4.78 is 27.7. The standard InChI is InChI=1S/C20H22N4O3S/c1-12-9-13(2)11-18(10-12)21-20(25)16-5-7-17(8-6-16)24-28(26,27)19-14(3)22-23-15(19)4/h5-11,24H,1-4H3,(H,21,25)(H,22,23). The highest BCUT2D eigenvalue weighted by molar-refractivity contribution is 7.92. The Morgan fingerprint density at radius 3 is 2.07 bits per heavy atom. The molecule has 2 aromatic carbocycles. The van der Waals surface area contributed by atoms with Gasteiger partial charge in [0.25, 0.3) is 15.9 Å². The molecule has 0 saturated heterocycles. The van der Waals surface area contributed by atoms with Crippen molar-refractivity contribution in [2.24, 2.45) is 0 Å². The Hall–Kier alpha value is -3.13. The van der Waals surface area contributed by atoms with Crippen LogP contribution >= 0.6 is 0 Å². The van der Waals surface area contributed by atoms with E-state index in [1.807, 2.05) is 32.0 Å². The van der Waals surface area contributed by atoms with E-state index in [1.165, 1.54) is 0 Å². The second-order valence-corrected chi connectivity index (χ2v) is 8.40. The topological polar surface area (TPSA) is 104 Å². The summed E-state index contributed by atoms with van der Waals surface area (Å²) in [4.78, 5) is 12.6. The number of H-pyrrole nitrogens is 1. The molecule has 0 unspecified atom stereocenters. The van der Waals surface area contributed by atoms with Gasteiger partial charge in [-0.3, -0.25) is 14.6 Å². The van der Waals surface area contributed by atoms with Crippen LogP contribution in [0.4, 0.5) is 11.4 Å². The molecule has 1 amide bonds. The highest BCUT2D eigenvalue weighted by Gasteiger charge is 2.22. The highest BCUT2D eigenvalue weighted by atomic mass is 32.2. The van der Waals surface area contributed by atoms with E-state index < -0.39 is 10.0 Å². The van der Waals surface area contributed by atoms with E-state index in [4.69, 9.17) is 0 Å². The molecule has 3 aromatic rings. The number of aromatic nitrogens is 2. The SMILES string of the molecule is Cc1cc(C)cc(NC(=O)c2ccc(NS(=O)(=O)c3c(C)n[nH]c3C)cc2)c1. The van der Waals surface area contributed by atoms with E-state index in [-0.39, 0.29) is 10.8 Å². The maximum absolute atomic E-state index is 12.6. The lowest BCUT2D eigenvalue weighted by molar-refractivity contribution is 0.102. The third kappa shape index (κ3) is 4.23. The van der Waals surface area contributed by atoms with Crippen LogP contribution in [0.5, 0.6) is 0 Å². The molecule has 0 aliphatic heterocycles. The molecule has 3 N–H and O–H groups in total. The summed E-state index contributed by atoms with van der Waals surface area (Å²) in [5.41, 5.74) is 4.50. The first kappa shape index (κ1) is 19.6. The van der Waals surface area contributed by atoms with Crippen molar-refractivity contribution in [2.75, 3.05) is 10.0 Å². The van der Waals surface area contributed by atoms with Gasteiger partial charge in [-0.05, 0) is 75.2 Å². The molecule has 28 heavy (non-hydrogen) atoms. The van der Waals surface area contributed by atoms with Gasteiger partial charge >= 0.3 is 0 Å². The Morgan fingerprint density at radius 2 is 1.54 bits per heavy atom. The van der Waals surface area contributed by atoms with Gasteiger partial charge in [0.15, 0.2) is 0 Å². The number of hydrogen-bond donors (Lipinski definition) is 3. The molecule has 3 rings (SSSR count). The number of nitrogens with one attached hydrogen (secondary N) is 3. The number of aromatic amines is 1. The van der Waals surface area contributed by atoms with Crippen LogP contribution in [0.2, 0.25) is 0 Å². The lowest BCUT2D eigenvalue weighted by Crippen LogP contribution is -2.15. The van der Waals surface area contributed by atoms with E-state index in [0.717, 1.165) is 16.8 Å². The fraction of sp³-hybridized carbons (Fsp3) is 0.200. The zero-order valence-electron chi connectivity index (χ0n) is 16.1. The van der Waals surface area contributed by atoms with Crippen LogP contribution in [0.15, 0.2) is 47.4 Å². The molecule has 0 spiro atoms. The number of hydrogen-bond acceptors (Lipinski definition) is 4. The smallest absolute Gasteiger partial charge is 0.265 e. The maximum atomic E-state index is 12.6. The number of aryl methyl sites for hydroxylation is 4. The van der Waals surface area contributed by atoms with Crippen LogP contribution in [-0.2, 0) is 10.0 Å². The normalized spacial score (nSPS) is 11.3. The van der Waals surface area contributed by atoms with E-state index in [9.17, 15) is 13.2 Å². The van der Waals surface area contributed by atoms with Gasteiger partial charge in [0.2, 0.25) is 0 Å². The number of nitrogens with zero attached hydrogens (tertiary/aromatic N) is 1. The van der Waals surface area contributed by atoms with Crippen LogP contribution in [0.3, 0.4) is 0 Å². The second-order valence-electron chi connectivity index (χ2n) is 6.78. The number of sulfonamides is 1. The molecular formula is C20H22N4O3S. The minimum Gasteiger partial charge on any atom is -0.322 e. The predicted octanol–water partition coefficient (Wildman–Crippen LogP) is 3.70. The molecule has 0 radical (unpaired) electrons. The average molecular weight is 398 g/mol. The molecule has 0 aliphatic rings. The predicted molar refractivity (Wildman–Crippen MR) is 109 cm³/mol. The number of anilines is 2. The van der Waals surface area contributed by atoms with E-state index >= 15 is 0 Å². The zero-order chi connectivity index (χ0) is 20.5. The summed E-state index contributed by atoms with van der Waals surface area (Å²) in [7, 11) is -3.77. The molecular weight excluding hydrogens is 376 g/mol. The summed E-state index contributed by atoms with van der Waals surface area (Å²) in [5.74, 6) is -0.263. The lowest BCUT2D eigenvalue weighted by atomic mass is 10.1. The Balaban J connectivity index is 1.75. The number of carbonyl (C=O) groups is 1. The summed E-state index contributed by atoms with van der Waals surface area (Å²) in [6, 6.07) is 12.1. The van der Waals surface area contributed by atoms with Gasteiger partial charge in [0, 0.05) is 16.9 Å². The molecule has 8 heteroatoms. The van der Waals surface area contributed by atoms with E-state index in [1.54, 1.807) is 38.1 Å². The van der Waals surface area contributed by atoms with Crippen molar-refractivity contribution in [3.63, 3.8) is 0 Å². The van der Waals surface area contributed by atoms with Gasteiger partial charge in [-0.2, -0.15) is 5.10 Å². The van der Waals surface area contributed by atoms with Gasteiger partial charge in [0.1, 0.15) is 4.90 Å². The molecule has 146 valence electrons. The minimum absolute atomic E-state index is 0.129. The average Bonchev–Trinajstić information content (AvgIpc) is 2.93. The molecule has 1 aromatic heterocycles. The maximum Gasteiger partial charge on any atom is 0.265 e. The van der Waals surface area contributed by atoms with Crippen molar-refractivity contribution in [3.05, 3.63) is 70.5 Å². The van der Waals surface area contributed by atoms with E-state index in [2.05, 4.69) is 20.2 Å². The largest absolute Gasteiger partial charge is 0.322 e. The minimum atomic E-state index is -3.77. The van der Waals surface area contributed by atoms with Gasteiger partial charge < -0.3 is 5.32 Å². The Kier molecular flexibility index (Phi) is 5.24. The first-order valence-corrected chi connectivity index (χ1v) is 10.2. The second kappa shape index (κ2) is 7.47. The van der Waals surface area contributed by atoms with Crippen LogP contribution in [0.1, 0.15) is 32.9 Å². The number of benzene rings is 2. The van der Waals surface area contributed by atoms with Gasteiger partial charge in [0.05, 0.1) is 11.4 Å². The van der Waals surface area contributed by atoms with Crippen molar-refractivity contribution >= 4 is 27.3 Å². The zero-order valence-corrected chi connectivity index (χ0v) is 16.9. The Bertz CT molecular complexity index is 1090. The van der Waals surface area contributed by atoms with Crippen LogP contribution in [0.25, 0.3) is 0 Å². The van der Waals surface area contributed by atoms with Gasteiger partial charge in [-0.15, -0.1) is 0 Å². The molecule has 0 atom stereocenters. The third-order valence-electron chi connectivity index (χ3n) is 4.21. The first-order chi connectivity index (χ1) is 13.2. The molecule has 7 nitrogen and oxygen atoms in total. The molecule has 0 bridgehead atoms. The molecule has 1 heterocycles. The first-order valence-electron chi connectivity index (χ1n) is 8.70. The Morgan fingerprint density at radius 1 is 0.929 bits per heavy atom. The fourth-order valence-electron chi connectivity index (χ4n) is 3.08. The van der Waals surface area contributed by atoms with Crippen LogP contribution < -0.4 is 10.0 Å². The van der Waals surface area contributed by atoms with Crippen molar-refractivity contribution in [1.82, 2.24) is 10.2 Å². The lowest BCUT2D eigenvalue weighted by Gasteiger charge is -2.10. The summed E-state index contributed by atoms with van der Waals surface area (Å²) in [6.45, 7) is 7.20. The van der Waals surface area contributed by atoms with Crippen molar-refractivity contribution in [2.45, 2.75) is 32.6 Å². The molecule has 0 saturated carbocycles. The third-order valence-corrected chi connectivity index (χ3v) is 5.85. The van der Waals surface area contributed by atoms with Crippen molar-refractivity contribution < 1.29 is 13.2 Å². The molecule has 0 fully saturated rings. The monoisotopic (exact) mass is 398 g/mol. The number of carbonyl (C=O) groups excluding carboxylic acids is 1. The van der Waals surface area contributed by atoms with Crippen LogP contribution in [0, 0.1) is 27.7 Å². The van der Waals surface area contributed by atoms with Crippen LogP contribution in [-0.4, -0.2) is 24.5 Å². The number of rotatable bonds is 5. The summed E-state index contributed by atoms with van der Waals surface area (Å²) in [5, 5.41) is 9.43. The number of amides is 1. The van der Waals surface area contributed by atoms with Crippen molar-refractivity contribution in [3.8, 4) is 0 Å². The molecule has 0 aliphatic carbocycles.